The minimum Gasteiger partial charge on any atom is -0.341 e. The molecule has 0 bridgehead atoms. The topological polar surface area (TPSA) is 105 Å². The fourth-order valence-corrected chi connectivity index (χ4v) is 4.87. The van der Waals surface area contributed by atoms with Crippen molar-refractivity contribution in [1.82, 2.24) is 30.2 Å². The van der Waals surface area contributed by atoms with Crippen LogP contribution in [0.1, 0.15) is 24.1 Å². The van der Waals surface area contributed by atoms with Gasteiger partial charge in [0.1, 0.15) is 0 Å². The van der Waals surface area contributed by atoms with Crippen molar-refractivity contribution in [3.05, 3.63) is 53.0 Å². The minimum atomic E-state index is -0.376. The number of benzene rings is 1. The van der Waals surface area contributed by atoms with Gasteiger partial charge in [-0.25, -0.2) is 15.0 Å². The number of piperidine rings is 1. The van der Waals surface area contributed by atoms with Crippen LogP contribution >= 0.6 is 11.8 Å². The monoisotopic (exact) mass is 463 g/mol. The van der Waals surface area contributed by atoms with E-state index < -0.39 is 0 Å². The Morgan fingerprint density at radius 1 is 1.21 bits per heavy atom. The van der Waals surface area contributed by atoms with Crippen molar-refractivity contribution in [1.29, 1.82) is 0 Å². The summed E-state index contributed by atoms with van der Waals surface area (Å²) >= 11 is 0.894. The zero-order valence-electron chi connectivity index (χ0n) is 18.3. The number of imidazole rings is 1. The van der Waals surface area contributed by atoms with Crippen molar-refractivity contribution >= 4 is 46.0 Å². The normalized spacial score (nSPS) is 18.5. The fourth-order valence-electron chi connectivity index (χ4n) is 4.20. The molecule has 4 heterocycles. The second-order valence-corrected chi connectivity index (χ2v) is 9.39. The fraction of sp³-hybridized carbons (Fsp3) is 0.348. The molecule has 170 valence electrons. The first-order valence-electron chi connectivity index (χ1n) is 11.0. The van der Waals surface area contributed by atoms with Crippen molar-refractivity contribution < 1.29 is 9.59 Å². The van der Waals surface area contributed by atoms with Crippen LogP contribution in [-0.4, -0.2) is 50.3 Å². The lowest BCUT2D eigenvalue weighted by atomic mass is 9.97. The van der Waals surface area contributed by atoms with E-state index in [9.17, 15) is 9.59 Å². The number of hydrogen-bond donors (Lipinski definition) is 2. The number of fused-ring (bicyclic) bond motifs is 1. The average molecular weight is 464 g/mol. The van der Waals surface area contributed by atoms with Crippen molar-refractivity contribution in [3.8, 4) is 0 Å². The Hall–Kier alpha value is -3.24. The number of hydrogen-bond acceptors (Lipinski definition) is 8. The van der Waals surface area contributed by atoms with E-state index >= 15 is 0 Å². The molecule has 2 amide bonds. The Morgan fingerprint density at radius 3 is 2.85 bits per heavy atom. The molecule has 2 fully saturated rings. The van der Waals surface area contributed by atoms with Gasteiger partial charge in [-0.15, -0.1) is 0 Å². The molecule has 2 saturated heterocycles. The number of aromatic nitrogens is 4. The van der Waals surface area contributed by atoms with E-state index in [0.717, 1.165) is 61.8 Å². The molecule has 1 aromatic carbocycles. The van der Waals surface area contributed by atoms with Crippen LogP contribution in [0.25, 0.3) is 17.1 Å². The SMILES string of the molecule is Cn1cnc2cc(CNCC3CCN(c4nccc(/C=C5\SC(=O)NC5=O)n4)CC3)ccc21. The second kappa shape index (κ2) is 9.32. The third-order valence-electron chi connectivity index (χ3n) is 6.03. The number of nitrogens with one attached hydrogen (secondary N) is 2. The molecule has 0 spiro atoms. The largest absolute Gasteiger partial charge is 0.341 e. The van der Waals surface area contributed by atoms with Gasteiger partial charge in [0.15, 0.2) is 0 Å². The Morgan fingerprint density at radius 2 is 2.06 bits per heavy atom. The molecular weight excluding hydrogens is 438 g/mol. The molecule has 0 aliphatic carbocycles. The number of thioether (sulfide) groups is 1. The van der Waals surface area contributed by atoms with Gasteiger partial charge in [0.25, 0.3) is 11.1 Å². The van der Waals surface area contributed by atoms with Crippen LogP contribution in [0.5, 0.6) is 0 Å². The third kappa shape index (κ3) is 4.91. The van der Waals surface area contributed by atoms with Gasteiger partial charge in [0.2, 0.25) is 5.95 Å². The summed E-state index contributed by atoms with van der Waals surface area (Å²) in [5.74, 6) is 0.891. The van der Waals surface area contributed by atoms with E-state index in [0.29, 0.717) is 22.5 Å². The molecule has 2 aromatic heterocycles. The molecule has 2 aliphatic heterocycles. The molecule has 0 unspecified atom stereocenters. The molecule has 33 heavy (non-hydrogen) atoms. The van der Waals surface area contributed by atoms with Crippen LogP contribution in [0, 0.1) is 5.92 Å². The standard InChI is InChI=1S/C23H25N7O2S/c1-29-14-26-18-10-16(2-3-19(18)29)13-24-12-15-5-8-30(9-6-15)22-25-7-4-17(27-22)11-20-21(31)28-23(32)33-20/h2-4,7,10-11,14-15,24H,5-6,8-9,12-13H2,1H3,(H,28,31,32)/b20-11-. The van der Waals surface area contributed by atoms with Crippen LogP contribution < -0.4 is 15.5 Å². The van der Waals surface area contributed by atoms with E-state index in [1.54, 1.807) is 18.3 Å². The van der Waals surface area contributed by atoms with E-state index in [-0.39, 0.29) is 11.1 Å². The Bertz CT molecular complexity index is 1230. The summed E-state index contributed by atoms with van der Waals surface area (Å²) in [6.07, 6.45) is 7.30. The summed E-state index contributed by atoms with van der Waals surface area (Å²) in [6.45, 7) is 3.59. The highest BCUT2D eigenvalue weighted by Gasteiger charge is 2.25. The van der Waals surface area contributed by atoms with Gasteiger partial charge in [0, 0.05) is 32.9 Å². The predicted molar refractivity (Wildman–Crippen MR) is 128 cm³/mol. The lowest BCUT2D eigenvalue weighted by Gasteiger charge is -2.32. The van der Waals surface area contributed by atoms with Crippen LogP contribution in [0.15, 0.2) is 41.7 Å². The maximum Gasteiger partial charge on any atom is 0.290 e. The molecule has 2 N–H and O–H groups in total. The van der Waals surface area contributed by atoms with Crippen LogP contribution in [0.2, 0.25) is 0 Å². The average Bonchev–Trinajstić information content (AvgIpc) is 3.34. The number of amides is 2. The molecule has 0 radical (unpaired) electrons. The van der Waals surface area contributed by atoms with Gasteiger partial charge in [-0.1, -0.05) is 6.07 Å². The van der Waals surface area contributed by atoms with Crippen molar-refractivity contribution in [2.24, 2.45) is 13.0 Å². The van der Waals surface area contributed by atoms with Crippen LogP contribution in [0.4, 0.5) is 10.7 Å². The molecule has 2 aliphatic rings. The minimum absolute atomic E-state index is 0.353. The Labute approximate surface area is 195 Å². The molecular formula is C23H25N7O2S. The van der Waals surface area contributed by atoms with Crippen LogP contribution in [-0.2, 0) is 18.4 Å². The van der Waals surface area contributed by atoms with Gasteiger partial charge in [-0.05, 0) is 66.9 Å². The zero-order chi connectivity index (χ0) is 22.8. The third-order valence-corrected chi connectivity index (χ3v) is 6.85. The summed E-state index contributed by atoms with van der Waals surface area (Å²) in [7, 11) is 2.01. The maximum absolute atomic E-state index is 11.8. The first-order chi connectivity index (χ1) is 16.0. The number of carbonyl (C=O) groups is 2. The summed E-state index contributed by atoms with van der Waals surface area (Å²) < 4.78 is 2.03. The van der Waals surface area contributed by atoms with Gasteiger partial charge < -0.3 is 14.8 Å². The number of aryl methyl sites for hydroxylation is 1. The molecule has 5 rings (SSSR count). The van der Waals surface area contributed by atoms with Crippen LogP contribution in [0.3, 0.4) is 0 Å². The molecule has 0 saturated carbocycles. The number of nitrogens with zero attached hydrogens (tertiary/aromatic N) is 5. The van der Waals surface area contributed by atoms with Crippen molar-refractivity contribution in [2.75, 3.05) is 24.5 Å². The van der Waals surface area contributed by atoms with Crippen molar-refractivity contribution in [3.63, 3.8) is 0 Å². The molecule has 3 aromatic rings. The van der Waals surface area contributed by atoms with Gasteiger partial charge in [-0.3, -0.25) is 14.9 Å². The smallest absolute Gasteiger partial charge is 0.290 e. The number of imide groups is 1. The summed E-state index contributed by atoms with van der Waals surface area (Å²) in [6, 6.07) is 8.17. The Kier molecular flexibility index (Phi) is 6.10. The summed E-state index contributed by atoms with van der Waals surface area (Å²) in [5, 5.41) is 5.50. The summed E-state index contributed by atoms with van der Waals surface area (Å²) in [4.78, 5) is 39.1. The first-order valence-corrected chi connectivity index (χ1v) is 11.8. The van der Waals surface area contributed by atoms with E-state index in [1.165, 1.54) is 5.56 Å². The number of carbonyl (C=O) groups excluding carboxylic acids is 2. The van der Waals surface area contributed by atoms with Gasteiger partial charge >= 0.3 is 0 Å². The van der Waals surface area contributed by atoms with E-state index in [4.69, 9.17) is 0 Å². The zero-order valence-corrected chi connectivity index (χ0v) is 19.1. The number of rotatable bonds is 6. The quantitative estimate of drug-likeness (QED) is 0.538. The molecule has 10 heteroatoms. The van der Waals surface area contributed by atoms with E-state index in [2.05, 4.69) is 48.7 Å². The first kappa shape index (κ1) is 21.6. The molecule has 9 nitrogen and oxygen atoms in total. The van der Waals surface area contributed by atoms with Gasteiger partial charge in [0.05, 0.1) is 28.0 Å². The predicted octanol–water partition coefficient (Wildman–Crippen LogP) is 2.69. The Balaban J connectivity index is 1.12. The highest BCUT2D eigenvalue weighted by molar-refractivity contribution is 8.18. The van der Waals surface area contributed by atoms with Gasteiger partial charge in [-0.2, -0.15) is 0 Å². The summed E-state index contributed by atoms with van der Waals surface area (Å²) in [5.41, 5.74) is 4.05. The molecule has 0 atom stereocenters. The lowest BCUT2D eigenvalue weighted by Crippen LogP contribution is -2.38. The second-order valence-electron chi connectivity index (χ2n) is 8.37. The lowest BCUT2D eigenvalue weighted by molar-refractivity contribution is -0.115. The highest BCUT2D eigenvalue weighted by atomic mass is 32.2. The highest BCUT2D eigenvalue weighted by Crippen LogP contribution is 2.26. The number of anilines is 1. The van der Waals surface area contributed by atoms with E-state index in [1.807, 2.05) is 17.9 Å². The maximum atomic E-state index is 11.8. The van der Waals surface area contributed by atoms with Crippen molar-refractivity contribution in [2.45, 2.75) is 19.4 Å².